The van der Waals surface area contributed by atoms with Crippen LogP contribution < -0.4 is 0 Å². The van der Waals surface area contributed by atoms with Crippen LogP contribution in [0, 0.1) is 0 Å². The molecular formula is C20H27NO3. The topological polar surface area (TPSA) is 49.8 Å². The highest BCUT2D eigenvalue weighted by Gasteiger charge is 2.52. The van der Waals surface area contributed by atoms with Crippen molar-refractivity contribution in [3.8, 4) is 5.75 Å². The Kier molecular flexibility index (Phi) is 4.03. The smallest absolute Gasteiger partial charge is 0.312 e. The van der Waals surface area contributed by atoms with Crippen LogP contribution in [0.4, 0.5) is 0 Å². The van der Waals surface area contributed by atoms with E-state index in [4.69, 9.17) is 4.74 Å². The molecule has 2 bridgehead atoms. The highest BCUT2D eigenvalue weighted by Crippen LogP contribution is 2.46. The van der Waals surface area contributed by atoms with Gasteiger partial charge in [0.25, 0.3) is 0 Å². The fraction of sp³-hybridized carbons (Fsp3) is 0.650. The number of carbonyl (C=O) groups excluding carboxylic acids is 1. The number of nitrogens with zero attached hydrogens (tertiary/aromatic N) is 1. The highest BCUT2D eigenvalue weighted by molar-refractivity contribution is 5.74. The average molecular weight is 329 g/mol. The molecule has 1 aromatic rings. The molecule has 4 rings (SSSR count). The molecule has 1 N–H and O–H groups in total. The van der Waals surface area contributed by atoms with Gasteiger partial charge in [0.15, 0.2) is 5.72 Å². The van der Waals surface area contributed by atoms with E-state index in [9.17, 15) is 9.90 Å². The van der Waals surface area contributed by atoms with Gasteiger partial charge in [-0.25, -0.2) is 0 Å². The SMILES string of the molecule is CN1C2CCC1(OC(=O)Cc1cccc(C3CCCC3)c1O)CC2. The molecule has 0 unspecified atom stereocenters. The Bertz CT molecular complexity index is 628. The zero-order valence-corrected chi connectivity index (χ0v) is 14.5. The summed E-state index contributed by atoms with van der Waals surface area (Å²) >= 11 is 0. The minimum absolute atomic E-state index is 0.159. The van der Waals surface area contributed by atoms with E-state index in [0.717, 1.165) is 44.1 Å². The van der Waals surface area contributed by atoms with E-state index in [2.05, 4.69) is 11.9 Å². The Morgan fingerprint density at radius 1 is 1.25 bits per heavy atom. The third-order valence-electron chi connectivity index (χ3n) is 6.51. The fourth-order valence-corrected chi connectivity index (χ4v) is 5.02. The number of carbonyl (C=O) groups is 1. The molecule has 0 radical (unpaired) electrons. The first kappa shape index (κ1) is 15.9. The number of esters is 1. The summed E-state index contributed by atoms with van der Waals surface area (Å²) in [5, 5.41) is 10.6. The number of hydrogen-bond acceptors (Lipinski definition) is 4. The number of aromatic hydroxyl groups is 1. The van der Waals surface area contributed by atoms with Crippen molar-refractivity contribution < 1.29 is 14.6 Å². The van der Waals surface area contributed by atoms with Gasteiger partial charge >= 0.3 is 5.97 Å². The van der Waals surface area contributed by atoms with Gasteiger partial charge in [-0.05, 0) is 44.2 Å². The Hall–Kier alpha value is -1.55. The molecule has 2 aliphatic heterocycles. The third-order valence-corrected chi connectivity index (χ3v) is 6.51. The lowest BCUT2D eigenvalue weighted by Crippen LogP contribution is -2.42. The van der Waals surface area contributed by atoms with E-state index in [1.165, 1.54) is 12.8 Å². The van der Waals surface area contributed by atoms with Crippen LogP contribution in [0.1, 0.15) is 68.4 Å². The fourth-order valence-electron chi connectivity index (χ4n) is 5.02. The van der Waals surface area contributed by atoms with Crippen LogP contribution in [0.15, 0.2) is 18.2 Å². The van der Waals surface area contributed by atoms with Gasteiger partial charge in [0, 0.05) is 24.4 Å². The summed E-state index contributed by atoms with van der Waals surface area (Å²) in [5.74, 6) is 0.530. The number of benzene rings is 1. The molecule has 3 aliphatic rings. The van der Waals surface area contributed by atoms with Gasteiger partial charge in [0.2, 0.25) is 0 Å². The summed E-state index contributed by atoms with van der Waals surface area (Å²) in [6, 6.07) is 6.38. The number of phenols is 1. The predicted octanol–water partition coefficient (Wildman–Crippen LogP) is 3.72. The molecular weight excluding hydrogens is 302 g/mol. The van der Waals surface area contributed by atoms with Gasteiger partial charge in [-0.2, -0.15) is 0 Å². The van der Waals surface area contributed by atoms with Crippen molar-refractivity contribution in [2.45, 2.75) is 75.5 Å². The molecule has 130 valence electrons. The van der Waals surface area contributed by atoms with Crippen LogP contribution in [0.25, 0.3) is 0 Å². The van der Waals surface area contributed by atoms with Gasteiger partial charge in [0.05, 0.1) is 6.42 Å². The number of ether oxygens (including phenoxy) is 1. The van der Waals surface area contributed by atoms with Crippen molar-refractivity contribution in [1.29, 1.82) is 0 Å². The second kappa shape index (κ2) is 6.07. The van der Waals surface area contributed by atoms with Gasteiger partial charge < -0.3 is 9.84 Å². The predicted molar refractivity (Wildman–Crippen MR) is 91.9 cm³/mol. The molecule has 24 heavy (non-hydrogen) atoms. The maximum Gasteiger partial charge on any atom is 0.312 e. The van der Waals surface area contributed by atoms with E-state index < -0.39 is 0 Å². The second-order valence-electron chi connectivity index (χ2n) is 7.78. The summed E-state index contributed by atoms with van der Waals surface area (Å²) in [7, 11) is 2.07. The first-order chi connectivity index (χ1) is 11.6. The van der Waals surface area contributed by atoms with Gasteiger partial charge in [-0.3, -0.25) is 9.69 Å². The quantitative estimate of drug-likeness (QED) is 0.855. The maximum absolute atomic E-state index is 12.5. The molecule has 1 aromatic carbocycles. The molecule has 3 fully saturated rings. The zero-order valence-electron chi connectivity index (χ0n) is 14.5. The van der Waals surface area contributed by atoms with Crippen LogP contribution in [-0.2, 0) is 16.0 Å². The molecule has 1 saturated carbocycles. The number of phenolic OH excluding ortho intramolecular Hbond substituents is 1. The first-order valence-electron chi connectivity index (χ1n) is 9.34. The van der Waals surface area contributed by atoms with Crippen LogP contribution in [0.5, 0.6) is 5.75 Å². The third kappa shape index (κ3) is 2.61. The average Bonchev–Trinajstić information content (AvgIpc) is 3.26. The Morgan fingerprint density at radius 2 is 1.96 bits per heavy atom. The Balaban J connectivity index is 1.47. The number of rotatable bonds is 4. The van der Waals surface area contributed by atoms with E-state index >= 15 is 0 Å². The molecule has 0 atom stereocenters. The number of para-hydroxylation sites is 1. The van der Waals surface area contributed by atoms with Crippen molar-refractivity contribution in [1.82, 2.24) is 4.90 Å². The molecule has 0 spiro atoms. The van der Waals surface area contributed by atoms with Gasteiger partial charge in [-0.15, -0.1) is 0 Å². The van der Waals surface area contributed by atoms with E-state index in [-0.39, 0.29) is 18.1 Å². The monoisotopic (exact) mass is 329 g/mol. The van der Waals surface area contributed by atoms with Crippen molar-refractivity contribution in [3.63, 3.8) is 0 Å². The van der Waals surface area contributed by atoms with Crippen molar-refractivity contribution in [2.75, 3.05) is 7.05 Å². The van der Waals surface area contributed by atoms with Crippen LogP contribution in [0.2, 0.25) is 0 Å². The molecule has 4 nitrogen and oxygen atoms in total. The summed E-state index contributed by atoms with van der Waals surface area (Å²) in [5.41, 5.74) is 1.33. The van der Waals surface area contributed by atoms with Gasteiger partial charge in [-0.1, -0.05) is 31.0 Å². The van der Waals surface area contributed by atoms with Crippen molar-refractivity contribution >= 4 is 5.97 Å². The lowest BCUT2D eigenvalue weighted by atomic mass is 9.94. The summed E-state index contributed by atoms with van der Waals surface area (Å²) < 4.78 is 5.90. The Labute approximate surface area is 143 Å². The van der Waals surface area contributed by atoms with Crippen LogP contribution >= 0.6 is 0 Å². The van der Waals surface area contributed by atoms with Crippen LogP contribution in [0.3, 0.4) is 0 Å². The lowest BCUT2D eigenvalue weighted by molar-refractivity contribution is -0.172. The molecule has 0 aromatic heterocycles. The molecule has 4 heteroatoms. The highest BCUT2D eigenvalue weighted by atomic mass is 16.6. The van der Waals surface area contributed by atoms with Crippen molar-refractivity contribution in [3.05, 3.63) is 29.3 Å². The van der Waals surface area contributed by atoms with Gasteiger partial charge in [0.1, 0.15) is 5.75 Å². The Morgan fingerprint density at radius 3 is 2.58 bits per heavy atom. The van der Waals surface area contributed by atoms with Crippen molar-refractivity contribution in [2.24, 2.45) is 0 Å². The minimum atomic E-state index is -0.388. The molecule has 2 heterocycles. The number of fused-ring (bicyclic) bond motifs is 2. The first-order valence-corrected chi connectivity index (χ1v) is 9.34. The van der Waals surface area contributed by atoms with E-state index in [1.54, 1.807) is 0 Å². The van der Waals surface area contributed by atoms with E-state index in [1.807, 2.05) is 18.2 Å². The minimum Gasteiger partial charge on any atom is -0.507 e. The second-order valence-corrected chi connectivity index (χ2v) is 7.78. The zero-order chi connectivity index (χ0) is 16.7. The summed E-state index contributed by atoms with van der Waals surface area (Å²) in [4.78, 5) is 14.8. The molecule has 2 saturated heterocycles. The number of hydrogen-bond donors (Lipinski definition) is 1. The molecule has 1 aliphatic carbocycles. The normalized spacial score (nSPS) is 30.1. The molecule has 0 amide bonds. The lowest BCUT2D eigenvalue weighted by Gasteiger charge is -2.31. The largest absolute Gasteiger partial charge is 0.507 e. The van der Waals surface area contributed by atoms with E-state index in [0.29, 0.717) is 23.3 Å². The summed E-state index contributed by atoms with van der Waals surface area (Å²) in [6.45, 7) is 0. The summed E-state index contributed by atoms with van der Waals surface area (Å²) in [6.07, 6.45) is 9.00. The standard InChI is InChI=1S/C20H27NO3/c1-21-16-9-11-20(21,12-10-16)24-18(22)13-15-7-4-8-17(19(15)23)14-5-2-3-6-14/h4,7-8,14,16,23H,2-3,5-6,9-13H2,1H3. The maximum atomic E-state index is 12.5. The van der Waals surface area contributed by atoms with Crippen LogP contribution in [-0.4, -0.2) is 34.8 Å².